The number of hydrogen-bond donors (Lipinski definition) is 1. The first-order valence-corrected chi connectivity index (χ1v) is 8.82. The van der Waals surface area contributed by atoms with Crippen LogP contribution in [0.5, 0.6) is 5.75 Å². The molecule has 22 heavy (non-hydrogen) atoms. The van der Waals surface area contributed by atoms with Gasteiger partial charge in [0, 0.05) is 6.54 Å². The molecule has 0 aliphatic rings. The SMILES string of the molecule is Cc1ccc(CS(=O)(=O)NCCOc2cccc(C)c2)cc1. The van der Waals surface area contributed by atoms with E-state index in [9.17, 15) is 8.42 Å². The highest BCUT2D eigenvalue weighted by Gasteiger charge is 2.10. The maximum atomic E-state index is 12.0. The molecule has 2 aromatic rings. The highest BCUT2D eigenvalue weighted by molar-refractivity contribution is 7.88. The molecule has 118 valence electrons. The van der Waals surface area contributed by atoms with Crippen molar-refractivity contribution < 1.29 is 13.2 Å². The molecule has 0 bridgehead atoms. The van der Waals surface area contributed by atoms with E-state index in [0.29, 0.717) is 6.61 Å². The molecule has 0 unspecified atom stereocenters. The van der Waals surface area contributed by atoms with E-state index in [-0.39, 0.29) is 12.3 Å². The summed E-state index contributed by atoms with van der Waals surface area (Å²) in [6, 6.07) is 15.1. The van der Waals surface area contributed by atoms with Crippen LogP contribution in [0.1, 0.15) is 16.7 Å². The number of hydrogen-bond acceptors (Lipinski definition) is 3. The normalized spacial score (nSPS) is 11.4. The van der Waals surface area contributed by atoms with Gasteiger partial charge in [-0.15, -0.1) is 0 Å². The molecule has 0 aliphatic heterocycles. The van der Waals surface area contributed by atoms with Crippen LogP contribution in [0, 0.1) is 13.8 Å². The maximum Gasteiger partial charge on any atom is 0.215 e. The average Bonchev–Trinajstić information content (AvgIpc) is 2.46. The van der Waals surface area contributed by atoms with Crippen LogP contribution in [-0.4, -0.2) is 21.6 Å². The average molecular weight is 319 g/mol. The van der Waals surface area contributed by atoms with Gasteiger partial charge in [0.15, 0.2) is 0 Å². The molecule has 0 heterocycles. The van der Waals surface area contributed by atoms with Crippen molar-refractivity contribution in [3.05, 3.63) is 65.2 Å². The van der Waals surface area contributed by atoms with Crippen LogP contribution >= 0.6 is 0 Å². The molecule has 0 aliphatic carbocycles. The second kappa shape index (κ2) is 7.42. The molecule has 0 saturated carbocycles. The van der Waals surface area contributed by atoms with E-state index >= 15 is 0 Å². The van der Waals surface area contributed by atoms with Crippen molar-refractivity contribution in [3.8, 4) is 5.75 Å². The number of sulfonamides is 1. The first-order valence-electron chi connectivity index (χ1n) is 7.17. The molecule has 0 spiro atoms. The Morgan fingerprint density at radius 3 is 2.41 bits per heavy atom. The zero-order chi connectivity index (χ0) is 16.0. The van der Waals surface area contributed by atoms with Gasteiger partial charge in [-0.25, -0.2) is 13.1 Å². The highest BCUT2D eigenvalue weighted by Crippen LogP contribution is 2.12. The van der Waals surface area contributed by atoms with Gasteiger partial charge in [0.1, 0.15) is 12.4 Å². The Morgan fingerprint density at radius 2 is 1.73 bits per heavy atom. The van der Waals surface area contributed by atoms with Gasteiger partial charge in [0.05, 0.1) is 5.75 Å². The number of nitrogens with one attached hydrogen (secondary N) is 1. The molecule has 2 aromatic carbocycles. The molecule has 0 amide bonds. The third kappa shape index (κ3) is 5.50. The van der Waals surface area contributed by atoms with Gasteiger partial charge < -0.3 is 4.74 Å². The summed E-state index contributed by atoms with van der Waals surface area (Å²) in [4.78, 5) is 0. The van der Waals surface area contributed by atoms with Crippen LogP contribution in [0.2, 0.25) is 0 Å². The van der Waals surface area contributed by atoms with E-state index in [0.717, 1.165) is 22.4 Å². The fourth-order valence-corrected chi connectivity index (χ4v) is 3.15. The summed E-state index contributed by atoms with van der Waals surface area (Å²) in [5.74, 6) is 0.732. The molecule has 5 heteroatoms. The van der Waals surface area contributed by atoms with Crippen molar-refractivity contribution in [2.75, 3.05) is 13.2 Å². The Kier molecular flexibility index (Phi) is 5.57. The van der Waals surface area contributed by atoms with Crippen molar-refractivity contribution in [1.29, 1.82) is 0 Å². The Balaban J connectivity index is 1.79. The molecule has 2 rings (SSSR count). The van der Waals surface area contributed by atoms with Gasteiger partial charge in [-0.2, -0.15) is 0 Å². The minimum Gasteiger partial charge on any atom is -0.492 e. The zero-order valence-corrected chi connectivity index (χ0v) is 13.7. The molecule has 4 nitrogen and oxygen atoms in total. The Bertz CT molecular complexity index is 709. The monoisotopic (exact) mass is 319 g/mol. The molecule has 0 aromatic heterocycles. The van der Waals surface area contributed by atoms with E-state index in [1.165, 1.54) is 0 Å². The van der Waals surface area contributed by atoms with Crippen molar-refractivity contribution >= 4 is 10.0 Å². The molecular weight excluding hydrogens is 298 g/mol. The lowest BCUT2D eigenvalue weighted by Gasteiger charge is -2.09. The van der Waals surface area contributed by atoms with E-state index in [2.05, 4.69) is 4.72 Å². The third-order valence-corrected chi connectivity index (χ3v) is 4.52. The van der Waals surface area contributed by atoms with Crippen molar-refractivity contribution in [1.82, 2.24) is 4.72 Å². The highest BCUT2D eigenvalue weighted by atomic mass is 32.2. The Morgan fingerprint density at radius 1 is 1.00 bits per heavy atom. The second-order valence-electron chi connectivity index (χ2n) is 5.30. The maximum absolute atomic E-state index is 12.0. The number of rotatable bonds is 7. The number of ether oxygens (including phenoxy) is 1. The van der Waals surface area contributed by atoms with Crippen LogP contribution in [0.3, 0.4) is 0 Å². The van der Waals surface area contributed by atoms with Crippen molar-refractivity contribution in [2.45, 2.75) is 19.6 Å². The minimum absolute atomic E-state index is 0.0161. The predicted octanol–water partition coefficient (Wildman–Crippen LogP) is 2.80. The van der Waals surface area contributed by atoms with E-state index in [4.69, 9.17) is 4.74 Å². The molecule has 0 fully saturated rings. The summed E-state index contributed by atoms with van der Waals surface area (Å²) in [5, 5.41) is 0. The van der Waals surface area contributed by atoms with E-state index in [1.807, 2.05) is 62.4 Å². The summed E-state index contributed by atoms with van der Waals surface area (Å²) < 4.78 is 32.0. The Labute approximate surface area is 132 Å². The van der Waals surface area contributed by atoms with Crippen molar-refractivity contribution in [3.63, 3.8) is 0 Å². The minimum atomic E-state index is -3.34. The Hall–Kier alpha value is -1.85. The smallest absolute Gasteiger partial charge is 0.215 e. The molecule has 1 N–H and O–H groups in total. The molecule has 0 atom stereocenters. The van der Waals surface area contributed by atoms with Gasteiger partial charge in [-0.3, -0.25) is 0 Å². The zero-order valence-electron chi connectivity index (χ0n) is 12.9. The van der Waals surface area contributed by atoms with E-state index in [1.54, 1.807) is 0 Å². The van der Waals surface area contributed by atoms with Gasteiger partial charge in [-0.1, -0.05) is 42.0 Å². The molecule has 0 saturated heterocycles. The molecular formula is C17H21NO3S. The predicted molar refractivity (Wildman–Crippen MR) is 88.5 cm³/mol. The van der Waals surface area contributed by atoms with Gasteiger partial charge >= 0.3 is 0 Å². The van der Waals surface area contributed by atoms with Gasteiger partial charge in [-0.05, 0) is 37.1 Å². The summed E-state index contributed by atoms with van der Waals surface area (Å²) in [6.07, 6.45) is 0. The summed E-state index contributed by atoms with van der Waals surface area (Å²) in [5.41, 5.74) is 3.00. The fourth-order valence-electron chi connectivity index (χ4n) is 2.03. The first-order chi connectivity index (χ1) is 10.4. The molecule has 0 radical (unpaired) electrons. The van der Waals surface area contributed by atoms with Crippen LogP contribution in [0.4, 0.5) is 0 Å². The summed E-state index contributed by atoms with van der Waals surface area (Å²) >= 11 is 0. The fraction of sp³-hybridized carbons (Fsp3) is 0.294. The van der Waals surface area contributed by atoms with Crippen LogP contribution in [0.15, 0.2) is 48.5 Å². The lowest BCUT2D eigenvalue weighted by Crippen LogP contribution is -2.29. The quantitative estimate of drug-likeness (QED) is 0.799. The van der Waals surface area contributed by atoms with Crippen LogP contribution in [-0.2, 0) is 15.8 Å². The summed E-state index contributed by atoms with van der Waals surface area (Å²) in [7, 11) is -3.34. The lowest BCUT2D eigenvalue weighted by atomic mass is 10.2. The topological polar surface area (TPSA) is 55.4 Å². The van der Waals surface area contributed by atoms with Crippen molar-refractivity contribution in [2.24, 2.45) is 0 Å². The standard InChI is InChI=1S/C17H21NO3S/c1-14-6-8-16(9-7-14)13-22(19,20)18-10-11-21-17-5-3-4-15(2)12-17/h3-9,12,18H,10-11,13H2,1-2H3. The van der Waals surface area contributed by atoms with Crippen LogP contribution < -0.4 is 9.46 Å². The first kappa shape index (κ1) is 16.5. The van der Waals surface area contributed by atoms with E-state index < -0.39 is 10.0 Å². The lowest BCUT2D eigenvalue weighted by molar-refractivity contribution is 0.322. The van der Waals surface area contributed by atoms with Gasteiger partial charge in [0.2, 0.25) is 10.0 Å². The van der Waals surface area contributed by atoms with Crippen LogP contribution in [0.25, 0.3) is 0 Å². The number of benzene rings is 2. The largest absolute Gasteiger partial charge is 0.492 e. The summed E-state index contributed by atoms with van der Waals surface area (Å²) in [6.45, 7) is 4.51. The second-order valence-corrected chi connectivity index (χ2v) is 7.11. The van der Waals surface area contributed by atoms with Gasteiger partial charge in [0.25, 0.3) is 0 Å². The number of aryl methyl sites for hydroxylation is 2. The third-order valence-electron chi connectivity index (χ3n) is 3.16.